The second-order valence-electron chi connectivity index (χ2n) is 3.93. The second-order valence-corrected chi connectivity index (χ2v) is 4.74. The molecule has 102 valence electrons. The van der Waals surface area contributed by atoms with Crippen LogP contribution in [0.2, 0.25) is 10.0 Å². The van der Waals surface area contributed by atoms with E-state index in [0.29, 0.717) is 5.69 Å². The van der Waals surface area contributed by atoms with Crippen molar-refractivity contribution in [3.05, 3.63) is 22.2 Å². The van der Waals surface area contributed by atoms with Crippen LogP contribution in [0, 0.1) is 5.92 Å². The van der Waals surface area contributed by atoms with Gasteiger partial charge in [-0.15, -0.1) is 12.4 Å². The largest absolute Gasteiger partial charge is 0.505 e. The average molecular weight is 314 g/mol. The van der Waals surface area contributed by atoms with Gasteiger partial charge >= 0.3 is 0 Å². The van der Waals surface area contributed by atoms with Crippen LogP contribution in [0.5, 0.6) is 5.75 Å². The number of phenolic OH excluding ortho intramolecular Hbond substituents is 1. The van der Waals surface area contributed by atoms with Gasteiger partial charge < -0.3 is 16.2 Å². The fourth-order valence-corrected chi connectivity index (χ4v) is 1.62. The van der Waals surface area contributed by atoms with Crippen molar-refractivity contribution in [1.29, 1.82) is 0 Å². The van der Waals surface area contributed by atoms with E-state index < -0.39 is 0 Å². The van der Waals surface area contributed by atoms with Gasteiger partial charge in [0.15, 0.2) is 5.75 Å². The van der Waals surface area contributed by atoms with Gasteiger partial charge in [-0.3, -0.25) is 4.79 Å². The molecule has 0 heterocycles. The number of nitrogens with two attached hydrogens (primary N) is 1. The first-order chi connectivity index (χ1) is 7.82. The number of amides is 1. The van der Waals surface area contributed by atoms with Gasteiger partial charge in [-0.1, -0.05) is 30.1 Å². The van der Waals surface area contributed by atoms with Crippen molar-refractivity contribution in [2.45, 2.75) is 19.9 Å². The smallest absolute Gasteiger partial charge is 0.228 e. The molecule has 1 rings (SSSR count). The Morgan fingerprint density at radius 3 is 2.17 bits per heavy atom. The molecule has 0 bridgehead atoms. The Morgan fingerprint density at radius 2 is 1.78 bits per heavy atom. The molecule has 1 aromatic rings. The Morgan fingerprint density at radius 1 is 1.33 bits per heavy atom. The van der Waals surface area contributed by atoms with Crippen LogP contribution in [0.4, 0.5) is 5.69 Å². The van der Waals surface area contributed by atoms with Gasteiger partial charge in [0.05, 0.1) is 16.0 Å². The van der Waals surface area contributed by atoms with Crippen molar-refractivity contribution in [2.24, 2.45) is 11.7 Å². The van der Waals surface area contributed by atoms with Crippen LogP contribution in [-0.4, -0.2) is 17.1 Å². The highest BCUT2D eigenvalue weighted by Crippen LogP contribution is 2.34. The molecule has 0 radical (unpaired) electrons. The van der Waals surface area contributed by atoms with E-state index >= 15 is 0 Å². The Hall–Kier alpha value is -0.680. The Bertz CT molecular complexity index is 415. The van der Waals surface area contributed by atoms with Crippen molar-refractivity contribution < 1.29 is 9.90 Å². The number of nitrogens with one attached hydrogen (secondary N) is 1. The van der Waals surface area contributed by atoms with Gasteiger partial charge in [0, 0.05) is 11.7 Å². The molecule has 1 amide bonds. The molecule has 4 N–H and O–H groups in total. The third kappa shape index (κ3) is 4.21. The third-order valence-corrected chi connectivity index (χ3v) is 3.06. The SMILES string of the molecule is CC(N)C(C)C(=O)Nc1cc(Cl)c(O)c(Cl)c1.Cl. The Kier molecular flexibility index (Phi) is 6.78. The summed E-state index contributed by atoms with van der Waals surface area (Å²) in [4.78, 5) is 11.7. The summed E-state index contributed by atoms with van der Waals surface area (Å²) in [7, 11) is 0. The molecule has 0 saturated heterocycles. The number of carbonyl (C=O) groups is 1. The zero-order chi connectivity index (χ0) is 13.2. The van der Waals surface area contributed by atoms with Crippen LogP contribution in [0.1, 0.15) is 13.8 Å². The van der Waals surface area contributed by atoms with E-state index in [1.165, 1.54) is 12.1 Å². The van der Waals surface area contributed by atoms with E-state index in [1.807, 2.05) is 0 Å². The summed E-state index contributed by atoms with van der Waals surface area (Å²) in [6, 6.07) is 2.60. The average Bonchev–Trinajstić information content (AvgIpc) is 2.24. The van der Waals surface area contributed by atoms with E-state index in [1.54, 1.807) is 13.8 Å². The van der Waals surface area contributed by atoms with Crippen LogP contribution < -0.4 is 11.1 Å². The lowest BCUT2D eigenvalue weighted by Gasteiger charge is -2.15. The number of hydrogen-bond acceptors (Lipinski definition) is 3. The molecule has 2 atom stereocenters. The number of halogens is 3. The molecule has 0 spiro atoms. The molecule has 0 aliphatic heterocycles. The Labute approximate surface area is 122 Å². The lowest BCUT2D eigenvalue weighted by atomic mass is 10.0. The van der Waals surface area contributed by atoms with Gasteiger partial charge in [-0.05, 0) is 19.1 Å². The predicted molar refractivity (Wildman–Crippen MR) is 76.8 cm³/mol. The highest BCUT2D eigenvalue weighted by Gasteiger charge is 2.18. The third-order valence-electron chi connectivity index (χ3n) is 2.49. The van der Waals surface area contributed by atoms with E-state index in [9.17, 15) is 9.90 Å². The fourth-order valence-electron chi connectivity index (χ4n) is 1.13. The van der Waals surface area contributed by atoms with E-state index in [2.05, 4.69) is 5.32 Å². The summed E-state index contributed by atoms with van der Waals surface area (Å²) in [6.07, 6.45) is 0. The minimum Gasteiger partial charge on any atom is -0.505 e. The maximum atomic E-state index is 11.7. The maximum absolute atomic E-state index is 11.7. The first kappa shape index (κ1) is 17.3. The van der Waals surface area contributed by atoms with E-state index in [0.717, 1.165) is 0 Å². The highest BCUT2D eigenvalue weighted by molar-refractivity contribution is 6.37. The molecule has 0 aliphatic carbocycles. The molecule has 0 aliphatic rings. The van der Waals surface area contributed by atoms with Crippen molar-refractivity contribution in [3.8, 4) is 5.75 Å². The first-order valence-electron chi connectivity index (χ1n) is 5.07. The monoisotopic (exact) mass is 312 g/mol. The van der Waals surface area contributed by atoms with E-state index in [4.69, 9.17) is 28.9 Å². The molecule has 7 heteroatoms. The van der Waals surface area contributed by atoms with Crippen LogP contribution in [0.15, 0.2) is 12.1 Å². The predicted octanol–water partition coefficient (Wildman–Crippen LogP) is 3.04. The number of rotatable bonds is 3. The quantitative estimate of drug-likeness (QED) is 0.751. The molecule has 0 saturated carbocycles. The standard InChI is InChI=1S/C11H14Cl2N2O2.ClH/c1-5(6(2)14)11(17)15-7-3-8(12)10(16)9(13)4-7;/h3-6,16H,14H2,1-2H3,(H,15,17);1H. The molecular formula is C11H15Cl3N2O2. The van der Waals surface area contributed by atoms with Gasteiger partial charge in [0.1, 0.15) is 0 Å². The van der Waals surface area contributed by atoms with Gasteiger partial charge in [0.25, 0.3) is 0 Å². The van der Waals surface area contributed by atoms with E-state index in [-0.39, 0.29) is 46.1 Å². The second kappa shape index (κ2) is 7.04. The summed E-state index contributed by atoms with van der Waals surface area (Å²) >= 11 is 11.5. The fraction of sp³-hybridized carbons (Fsp3) is 0.364. The zero-order valence-corrected chi connectivity index (χ0v) is 12.2. The number of phenols is 1. The Balaban J connectivity index is 0.00000289. The molecule has 0 fully saturated rings. The minimum atomic E-state index is -0.332. The summed E-state index contributed by atoms with van der Waals surface area (Å²) in [5.74, 6) is -0.759. The maximum Gasteiger partial charge on any atom is 0.228 e. The normalized spacial score (nSPS) is 13.4. The lowest BCUT2D eigenvalue weighted by molar-refractivity contribution is -0.119. The molecule has 2 unspecified atom stereocenters. The number of benzene rings is 1. The number of anilines is 1. The number of hydrogen-bond donors (Lipinski definition) is 3. The van der Waals surface area contributed by atoms with Crippen LogP contribution in [0.3, 0.4) is 0 Å². The number of aromatic hydroxyl groups is 1. The van der Waals surface area contributed by atoms with Gasteiger partial charge in [-0.25, -0.2) is 0 Å². The summed E-state index contributed by atoms with van der Waals surface area (Å²) < 4.78 is 0. The summed E-state index contributed by atoms with van der Waals surface area (Å²) in [6.45, 7) is 3.48. The molecular weight excluding hydrogens is 298 g/mol. The molecule has 0 aromatic heterocycles. The summed E-state index contributed by atoms with van der Waals surface area (Å²) in [5, 5.41) is 12.2. The van der Waals surface area contributed by atoms with Crippen LogP contribution in [-0.2, 0) is 4.79 Å². The lowest BCUT2D eigenvalue weighted by Crippen LogP contribution is -2.34. The zero-order valence-electron chi connectivity index (χ0n) is 9.91. The topological polar surface area (TPSA) is 75.4 Å². The van der Waals surface area contributed by atoms with Crippen LogP contribution >= 0.6 is 35.6 Å². The molecule has 18 heavy (non-hydrogen) atoms. The van der Waals surface area contributed by atoms with Crippen molar-refractivity contribution >= 4 is 47.2 Å². The van der Waals surface area contributed by atoms with Crippen molar-refractivity contribution in [2.75, 3.05) is 5.32 Å². The van der Waals surface area contributed by atoms with Crippen molar-refractivity contribution in [1.82, 2.24) is 0 Å². The summed E-state index contributed by atoms with van der Waals surface area (Å²) in [5.41, 5.74) is 6.05. The number of carbonyl (C=O) groups excluding carboxylic acids is 1. The first-order valence-corrected chi connectivity index (χ1v) is 5.83. The van der Waals surface area contributed by atoms with Gasteiger partial charge in [0.2, 0.25) is 5.91 Å². The van der Waals surface area contributed by atoms with Gasteiger partial charge in [-0.2, -0.15) is 0 Å². The minimum absolute atomic E-state index is 0. The van der Waals surface area contributed by atoms with Crippen LogP contribution in [0.25, 0.3) is 0 Å². The molecule has 1 aromatic carbocycles. The molecule has 4 nitrogen and oxygen atoms in total. The highest BCUT2D eigenvalue weighted by atomic mass is 35.5. The van der Waals surface area contributed by atoms with Crippen molar-refractivity contribution in [3.63, 3.8) is 0 Å².